The normalized spacial score (nSPS) is 17.0. The van der Waals surface area contributed by atoms with Crippen molar-refractivity contribution >= 4 is 17.5 Å². The van der Waals surface area contributed by atoms with E-state index in [2.05, 4.69) is 10.3 Å². The Labute approximate surface area is 140 Å². The maximum atomic E-state index is 12.3. The molecule has 0 aliphatic carbocycles. The minimum atomic E-state index is -0.332. The second-order valence-corrected chi connectivity index (χ2v) is 5.68. The Morgan fingerprint density at radius 1 is 1.25 bits per heavy atom. The van der Waals surface area contributed by atoms with Gasteiger partial charge in [0.15, 0.2) is 0 Å². The molecule has 1 N–H and O–H groups in total. The van der Waals surface area contributed by atoms with E-state index in [4.69, 9.17) is 4.74 Å². The van der Waals surface area contributed by atoms with Crippen LogP contribution in [0.3, 0.4) is 0 Å². The van der Waals surface area contributed by atoms with Crippen molar-refractivity contribution in [3.63, 3.8) is 0 Å². The predicted octanol–water partition coefficient (Wildman–Crippen LogP) is 1.76. The molecule has 1 aromatic heterocycles. The highest BCUT2D eigenvalue weighted by Gasteiger charge is 2.34. The molecule has 2 heterocycles. The highest BCUT2D eigenvalue weighted by atomic mass is 16.5. The standard InChI is InChI=1S/C18H19N3O3/c1-24-16-4-2-15(3-5-16)21-12-14(10-17(21)22)18(23)20-11-13-6-8-19-9-7-13/h2-9,14H,10-12H2,1H3,(H,20,23)/t14-/m0/s1. The van der Waals surface area contributed by atoms with Crippen LogP contribution in [0.25, 0.3) is 0 Å². The number of aromatic nitrogens is 1. The number of amides is 2. The summed E-state index contributed by atoms with van der Waals surface area (Å²) in [6.07, 6.45) is 3.60. The minimum Gasteiger partial charge on any atom is -0.497 e. The molecule has 0 saturated carbocycles. The highest BCUT2D eigenvalue weighted by molar-refractivity contribution is 6.00. The van der Waals surface area contributed by atoms with Crippen LogP contribution in [0.15, 0.2) is 48.8 Å². The fourth-order valence-corrected chi connectivity index (χ4v) is 2.73. The molecule has 1 aromatic carbocycles. The molecule has 6 nitrogen and oxygen atoms in total. The van der Waals surface area contributed by atoms with Crippen LogP contribution in [0.4, 0.5) is 5.69 Å². The number of methoxy groups -OCH3 is 1. The molecule has 1 saturated heterocycles. The molecule has 0 unspecified atom stereocenters. The first-order valence-corrected chi connectivity index (χ1v) is 7.78. The monoisotopic (exact) mass is 325 g/mol. The quantitative estimate of drug-likeness (QED) is 0.909. The van der Waals surface area contributed by atoms with Crippen molar-refractivity contribution in [2.24, 2.45) is 5.92 Å². The van der Waals surface area contributed by atoms with Gasteiger partial charge in [0, 0.05) is 37.6 Å². The molecule has 1 aliphatic heterocycles. The number of benzene rings is 1. The van der Waals surface area contributed by atoms with E-state index >= 15 is 0 Å². The Balaban J connectivity index is 1.60. The average Bonchev–Trinajstić information content (AvgIpc) is 3.02. The maximum Gasteiger partial charge on any atom is 0.227 e. The van der Waals surface area contributed by atoms with Gasteiger partial charge >= 0.3 is 0 Å². The van der Waals surface area contributed by atoms with E-state index in [9.17, 15) is 9.59 Å². The van der Waals surface area contributed by atoms with Gasteiger partial charge in [0.1, 0.15) is 5.75 Å². The van der Waals surface area contributed by atoms with Crippen molar-refractivity contribution in [1.82, 2.24) is 10.3 Å². The summed E-state index contributed by atoms with van der Waals surface area (Å²) in [6, 6.07) is 11.0. The van der Waals surface area contributed by atoms with Crippen molar-refractivity contribution in [3.05, 3.63) is 54.4 Å². The number of hydrogen-bond donors (Lipinski definition) is 1. The average molecular weight is 325 g/mol. The lowest BCUT2D eigenvalue weighted by molar-refractivity contribution is -0.126. The van der Waals surface area contributed by atoms with Gasteiger partial charge < -0.3 is 15.0 Å². The Bertz CT molecular complexity index is 716. The number of ether oxygens (including phenoxy) is 1. The number of nitrogens with zero attached hydrogens (tertiary/aromatic N) is 2. The van der Waals surface area contributed by atoms with Gasteiger partial charge in [0.2, 0.25) is 11.8 Å². The number of nitrogens with one attached hydrogen (secondary N) is 1. The lowest BCUT2D eigenvalue weighted by Gasteiger charge is -2.17. The molecular weight excluding hydrogens is 306 g/mol. The van der Waals surface area contributed by atoms with Crippen molar-refractivity contribution < 1.29 is 14.3 Å². The SMILES string of the molecule is COc1ccc(N2C[C@@H](C(=O)NCc3ccncc3)CC2=O)cc1. The summed E-state index contributed by atoms with van der Waals surface area (Å²) in [5, 5.41) is 2.89. The van der Waals surface area contributed by atoms with E-state index in [1.165, 1.54) is 0 Å². The van der Waals surface area contributed by atoms with Gasteiger partial charge in [-0.15, -0.1) is 0 Å². The molecule has 0 spiro atoms. The van der Waals surface area contributed by atoms with Crippen molar-refractivity contribution in [3.8, 4) is 5.75 Å². The van der Waals surface area contributed by atoms with Crippen molar-refractivity contribution in [1.29, 1.82) is 0 Å². The molecule has 1 aliphatic rings. The van der Waals surface area contributed by atoms with Crippen LogP contribution in [-0.2, 0) is 16.1 Å². The number of anilines is 1. The third-order valence-corrected chi connectivity index (χ3v) is 4.10. The third kappa shape index (κ3) is 3.53. The number of carbonyl (C=O) groups is 2. The molecule has 1 fully saturated rings. The second kappa shape index (κ2) is 7.12. The van der Waals surface area contributed by atoms with E-state index in [-0.39, 0.29) is 24.2 Å². The van der Waals surface area contributed by atoms with Crippen LogP contribution in [-0.4, -0.2) is 30.5 Å². The first kappa shape index (κ1) is 16.0. The highest BCUT2D eigenvalue weighted by Crippen LogP contribution is 2.26. The molecule has 1 atom stereocenters. The summed E-state index contributed by atoms with van der Waals surface area (Å²) >= 11 is 0. The van der Waals surface area contributed by atoms with Gasteiger partial charge in [-0.2, -0.15) is 0 Å². The van der Waals surface area contributed by atoms with Gasteiger partial charge in [-0.1, -0.05) is 0 Å². The minimum absolute atomic E-state index is 0.0378. The zero-order chi connectivity index (χ0) is 16.9. The van der Waals surface area contributed by atoms with E-state index in [0.29, 0.717) is 13.1 Å². The van der Waals surface area contributed by atoms with Crippen LogP contribution >= 0.6 is 0 Å². The Hall–Kier alpha value is -2.89. The maximum absolute atomic E-state index is 12.3. The Kier molecular flexibility index (Phi) is 4.74. The van der Waals surface area contributed by atoms with Gasteiger partial charge in [0.25, 0.3) is 0 Å². The van der Waals surface area contributed by atoms with Crippen LogP contribution in [0.2, 0.25) is 0 Å². The summed E-state index contributed by atoms with van der Waals surface area (Å²) in [4.78, 5) is 30.1. The van der Waals surface area contributed by atoms with E-state index in [0.717, 1.165) is 17.0 Å². The largest absolute Gasteiger partial charge is 0.497 e. The second-order valence-electron chi connectivity index (χ2n) is 5.68. The van der Waals surface area contributed by atoms with Crippen molar-refractivity contribution in [2.45, 2.75) is 13.0 Å². The zero-order valence-electron chi connectivity index (χ0n) is 13.4. The number of pyridine rings is 1. The van der Waals surface area contributed by atoms with Gasteiger partial charge in [-0.05, 0) is 42.0 Å². The molecule has 3 rings (SSSR count). The van der Waals surface area contributed by atoms with Crippen LogP contribution in [0.1, 0.15) is 12.0 Å². The molecule has 2 aromatic rings. The zero-order valence-corrected chi connectivity index (χ0v) is 13.4. The first-order chi connectivity index (χ1) is 11.7. The van der Waals surface area contributed by atoms with Crippen LogP contribution in [0.5, 0.6) is 5.75 Å². The number of carbonyl (C=O) groups excluding carboxylic acids is 2. The molecule has 6 heteroatoms. The number of hydrogen-bond acceptors (Lipinski definition) is 4. The summed E-state index contributed by atoms with van der Waals surface area (Å²) in [5.74, 6) is 0.263. The molecule has 24 heavy (non-hydrogen) atoms. The van der Waals surface area contributed by atoms with Gasteiger partial charge in [-0.3, -0.25) is 14.6 Å². The predicted molar refractivity (Wildman–Crippen MR) is 89.5 cm³/mol. The van der Waals surface area contributed by atoms with Gasteiger partial charge in [-0.25, -0.2) is 0 Å². The van der Waals surface area contributed by atoms with E-state index in [1.54, 1.807) is 36.5 Å². The van der Waals surface area contributed by atoms with E-state index in [1.807, 2.05) is 24.3 Å². The summed E-state index contributed by atoms with van der Waals surface area (Å²) < 4.78 is 5.12. The third-order valence-electron chi connectivity index (χ3n) is 4.10. The Morgan fingerprint density at radius 2 is 1.96 bits per heavy atom. The lowest BCUT2D eigenvalue weighted by atomic mass is 10.1. The van der Waals surface area contributed by atoms with Gasteiger partial charge in [0.05, 0.1) is 13.0 Å². The lowest BCUT2D eigenvalue weighted by Crippen LogP contribution is -2.32. The van der Waals surface area contributed by atoms with Crippen molar-refractivity contribution in [2.75, 3.05) is 18.6 Å². The molecule has 0 radical (unpaired) electrons. The Morgan fingerprint density at radius 3 is 2.62 bits per heavy atom. The van der Waals surface area contributed by atoms with Crippen LogP contribution in [0, 0.1) is 5.92 Å². The fraction of sp³-hybridized carbons (Fsp3) is 0.278. The first-order valence-electron chi connectivity index (χ1n) is 7.78. The molecule has 2 amide bonds. The topological polar surface area (TPSA) is 71.5 Å². The summed E-state index contributed by atoms with van der Waals surface area (Å²) in [7, 11) is 1.60. The summed E-state index contributed by atoms with van der Waals surface area (Å²) in [5.41, 5.74) is 1.76. The van der Waals surface area contributed by atoms with Crippen LogP contribution < -0.4 is 15.0 Å². The molecular formula is C18H19N3O3. The number of rotatable bonds is 5. The summed E-state index contributed by atoms with van der Waals surface area (Å²) in [6.45, 7) is 0.835. The molecule has 124 valence electrons. The van der Waals surface area contributed by atoms with E-state index < -0.39 is 0 Å². The smallest absolute Gasteiger partial charge is 0.227 e. The fourth-order valence-electron chi connectivity index (χ4n) is 2.73. The molecule has 0 bridgehead atoms.